The van der Waals surface area contributed by atoms with Gasteiger partial charge in [-0.05, 0) is 49.8 Å². The Morgan fingerprint density at radius 1 is 1.11 bits per heavy atom. The summed E-state index contributed by atoms with van der Waals surface area (Å²) in [5.41, 5.74) is 1.64. The molecule has 3 rings (SSSR count). The van der Waals surface area contributed by atoms with Gasteiger partial charge in [0.05, 0.1) is 29.6 Å². The fraction of sp³-hybridized carbons (Fsp3) is 0.552. The largest absolute Gasteiger partial charge is 0.457 e. The topological polar surface area (TPSA) is 96.7 Å². The molecule has 1 aromatic heterocycles. The van der Waals surface area contributed by atoms with Crippen molar-refractivity contribution in [1.29, 1.82) is 0 Å². The molecule has 1 aromatic carbocycles. The molecular weight excluding hydrogens is 442 g/mol. The third-order valence-corrected chi connectivity index (χ3v) is 7.52. The number of fused-ring (bicyclic) bond motifs is 1. The van der Waals surface area contributed by atoms with Crippen LogP contribution in [-0.2, 0) is 14.3 Å². The first-order chi connectivity index (χ1) is 16.5. The van der Waals surface area contributed by atoms with Crippen molar-refractivity contribution in [2.45, 2.75) is 85.0 Å². The molecule has 0 amide bonds. The van der Waals surface area contributed by atoms with Crippen LogP contribution in [0.15, 0.2) is 48.2 Å². The standard InChI is InChI=1S/C29H39NO5/c1-18-8-6-9-19(2)27(33)20(3)28(34)29(4,5)25(31)17-26(32)35-24(14-11-18)22-13-12-21-10-7-15-30-23(21)16-22/h7,10-13,15-16,19-20,24-25,27,31,33H,6,8-9,14,17H2,1-5H3/b18-11-/t19?,20?,24-,25?,27-/m0/s1. The first kappa shape index (κ1) is 27.0. The van der Waals surface area contributed by atoms with E-state index in [1.54, 1.807) is 27.0 Å². The molecule has 5 atom stereocenters. The molecule has 35 heavy (non-hydrogen) atoms. The molecule has 0 radical (unpaired) electrons. The molecule has 0 bridgehead atoms. The van der Waals surface area contributed by atoms with Crippen LogP contribution in [0.3, 0.4) is 0 Å². The number of aliphatic hydroxyl groups excluding tert-OH is 2. The fourth-order valence-corrected chi connectivity index (χ4v) is 4.84. The zero-order valence-corrected chi connectivity index (χ0v) is 21.5. The lowest BCUT2D eigenvalue weighted by molar-refractivity contribution is -0.155. The van der Waals surface area contributed by atoms with Crippen LogP contribution < -0.4 is 0 Å². The predicted octanol–water partition coefficient (Wildman–Crippen LogP) is 5.32. The van der Waals surface area contributed by atoms with E-state index in [4.69, 9.17) is 4.74 Å². The van der Waals surface area contributed by atoms with Gasteiger partial charge in [-0.3, -0.25) is 14.6 Å². The molecule has 6 nitrogen and oxygen atoms in total. The molecule has 0 fully saturated rings. The summed E-state index contributed by atoms with van der Waals surface area (Å²) in [6.07, 6.45) is 4.02. The highest BCUT2D eigenvalue weighted by Crippen LogP contribution is 2.33. The van der Waals surface area contributed by atoms with Crippen molar-refractivity contribution in [1.82, 2.24) is 4.98 Å². The number of carbonyl (C=O) groups excluding carboxylic acids is 2. The third kappa shape index (κ3) is 6.56. The molecule has 3 unspecified atom stereocenters. The van der Waals surface area contributed by atoms with Gasteiger partial charge in [0, 0.05) is 23.9 Å². The van der Waals surface area contributed by atoms with Gasteiger partial charge in [0.25, 0.3) is 0 Å². The minimum absolute atomic E-state index is 0.0505. The van der Waals surface area contributed by atoms with Crippen LogP contribution in [0.4, 0.5) is 0 Å². The lowest BCUT2D eigenvalue weighted by Gasteiger charge is -2.34. The number of hydrogen-bond acceptors (Lipinski definition) is 6. The molecule has 0 saturated heterocycles. The fourth-order valence-electron chi connectivity index (χ4n) is 4.84. The normalized spacial score (nSPS) is 30.9. The van der Waals surface area contributed by atoms with Crippen molar-refractivity contribution in [3.05, 3.63) is 53.7 Å². The van der Waals surface area contributed by atoms with Crippen LogP contribution in [0.1, 0.15) is 78.4 Å². The summed E-state index contributed by atoms with van der Waals surface area (Å²) in [5.74, 6) is -1.51. The summed E-state index contributed by atoms with van der Waals surface area (Å²) in [7, 11) is 0. The summed E-state index contributed by atoms with van der Waals surface area (Å²) in [4.78, 5) is 30.6. The molecule has 1 aliphatic rings. The van der Waals surface area contributed by atoms with E-state index in [0.717, 1.165) is 35.7 Å². The van der Waals surface area contributed by atoms with Gasteiger partial charge in [0.1, 0.15) is 11.9 Å². The lowest BCUT2D eigenvalue weighted by atomic mass is 9.73. The summed E-state index contributed by atoms with van der Waals surface area (Å²) in [5, 5.41) is 22.7. The number of benzene rings is 1. The molecule has 0 aliphatic carbocycles. The van der Waals surface area contributed by atoms with Crippen LogP contribution in [0.5, 0.6) is 0 Å². The second kappa shape index (κ2) is 11.4. The summed E-state index contributed by atoms with van der Waals surface area (Å²) in [6, 6.07) is 9.70. The molecule has 2 heterocycles. The summed E-state index contributed by atoms with van der Waals surface area (Å²) < 4.78 is 5.87. The Balaban J connectivity index is 1.91. The van der Waals surface area contributed by atoms with Gasteiger partial charge in [0.2, 0.25) is 0 Å². The van der Waals surface area contributed by atoms with Crippen LogP contribution in [-0.4, -0.2) is 39.2 Å². The second-order valence-corrected chi connectivity index (χ2v) is 10.7. The van der Waals surface area contributed by atoms with Crippen LogP contribution in [0, 0.1) is 17.3 Å². The Labute approximate surface area is 208 Å². The number of pyridine rings is 1. The molecule has 2 aromatic rings. The summed E-state index contributed by atoms with van der Waals surface area (Å²) in [6.45, 7) is 8.98. The van der Waals surface area contributed by atoms with E-state index < -0.39 is 35.6 Å². The lowest BCUT2D eigenvalue weighted by Crippen LogP contribution is -2.45. The van der Waals surface area contributed by atoms with Gasteiger partial charge >= 0.3 is 5.97 Å². The van der Waals surface area contributed by atoms with E-state index in [-0.39, 0.29) is 18.1 Å². The maximum Gasteiger partial charge on any atom is 0.309 e. The van der Waals surface area contributed by atoms with Crippen molar-refractivity contribution in [3.8, 4) is 0 Å². The second-order valence-electron chi connectivity index (χ2n) is 10.7. The molecule has 2 N–H and O–H groups in total. The van der Waals surface area contributed by atoms with E-state index in [2.05, 4.69) is 18.0 Å². The van der Waals surface area contributed by atoms with Gasteiger partial charge in [-0.15, -0.1) is 0 Å². The third-order valence-electron chi connectivity index (χ3n) is 7.52. The van der Waals surface area contributed by atoms with Crippen LogP contribution in [0.2, 0.25) is 0 Å². The van der Waals surface area contributed by atoms with Crippen molar-refractivity contribution in [2.75, 3.05) is 0 Å². The predicted molar refractivity (Wildman–Crippen MR) is 137 cm³/mol. The van der Waals surface area contributed by atoms with Gasteiger partial charge in [0.15, 0.2) is 0 Å². The molecular formula is C29H39NO5. The Morgan fingerprint density at radius 3 is 2.60 bits per heavy atom. The van der Waals surface area contributed by atoms with Crippen molar-refractivity contribution in [3.63, 3.8) is 0 Å². The number of hydrogen-bond donors (Lipinski definition) is 2. The Kier molecular flexibility index (Phi) is 8.84. The first-order valence-corrected chi connectivity index (χ1v) is 12.6. The van der Waals surface area contributed by atoms with Gasteiger partial charge in [-0.25, -0.2) is 0 Å². The van der Waals surface area contributed by atoms with E-state index in [1.165, 1.54) is 5.57 Å². The SMILES string of the molecule is C/C1=C/C[C@@H](c2ccc3cccnc3c2)OC(=O)CC(O)C(C)(C)C(=O)C(C)[C@@H](O)C(C)CCC1. The maximum atomic E-state index is 13.2. The number of cyclic esters (lactones) is 1. The molecule has 1 aliphatic heterocycles. The molecule has 6 heteroatoms. The van der Waals surface area contributed by atoms with E-state index in [0.29, 0.717) is 6.42 Å². The quantitative estimate of drug-likeness (QED) is 0.423. The number of allylic oxidation sites excluding steroid dienone is 1. The minimum Gasteiger partial charge on any atom is -0.457 e. The number of aliphatic hydroxyl groups is 2. The van der Waals surface area contributed by atoms with E-state index in [9.17, 15) is 19.8 Å². The number of esters is 1. The number of ether oxygens (including phenoxy) is 1. The zero-order chi connectivity index (χ0) is 25.8. The highest BCUT2D eigenvalue weighted by molar-refractivity contribution is 5.88. The maximum absolute atomic E-state index is 13.2. The minimum atomic E-state index is -1.23. The average Bonchev–Trinajstić information content (AvgIpc) is 2.84. The summed E-state index contributed by atoms with van der Waals surface area (Å²) >= 11 is 0. The number of carbonyl (C=O) groups is 2. The smallest absolute Gasteiger partial charge is 0.309 e. The van der Waals surface area contributed by atoms with Gasteiger partial charge in [-0.1, -0.05) is 57.5 Å². The van der Waals surface area contributed by atoms with Gasteiger partial charge < -0.3 is 14.9 Å². The molecule has 0 saturated carbocycles. The molecule has 0 spiro atoms. The monoisotopic (exact) mass is 481 g/mol. The highest BCUT2D eigenvalue weighted by Gasteiger charge is 2.42. The average molecular weight is 482 g/mol. The van der Waals surface area contributed by atoms with Crippen molar-refractivity contribution < 1.29 is 24.5 Å². The highest BCUT2D eigenvalue weighted by atomic mass is 16.5. The Bertz CT molecular complexity index is 1080. The number of ketones is 1. The van der Waals surface area contributed by atoms with E-state index in [1.807, 2.05) is 37.3 Å². The number of rotatable bonds is 1. The Morgan fingerprint density at radius 2 is 1.86 bits per heavy atom. The zero-order valence-electron chi connectivity index (χ0n) is 21.5. The first-order valence-electron chi connectivity index (χ1n) is 12.6. The number of aromatic nitrogens is 1. The van der Waals surface area contributed by atoms with Crippen LogP contribution >= 0.6 is 0 Å². The van der Waals surface area contributed by atoms with Gasteiger partial charge in [-0.2, -0.15) is 0 Å². The number of nitrogens with zero attached hydrogens (tertiary/aromatic N) is 1. The van der Waals surface area contributed by atoms with Crippen molar-refractivity contribution >= 4 is 22.7 Å². The van der Waals surface area contributed by atoms with Crippen molar-refractivity contribution in [2.24, 2.45) is 17.3 Å². The molecule has 190 valence electrons. The Hall–Kier alpha value is -2.57. The van der Waals surface area contributed by atoms with E-state index >= 15 is 0 Å². The van der Waals surface area contributed by atoms with Crippen LogP contribution in [0.25, 0.3) is 10.9 Å². The number of Topliss-reactive ketones (excluding diaryl/α,β-unsaturated/α-hetero) is 1.